The zero-order chi connectivity index (χ0) is 26.6. The molecule has 0 bridgehead atoms. The molecule has 2 N–H and O–H groups in total. The van der Waals surface area contributed by atoms with Crippen LogP contribution in [0.15, 0.2) is 65.5 Å². The number of amides is 1. The van der Waals surface area contributed by atoms with E-state index in [2.05, 4.69) is 5.32 Å². The molecule has 4 rings (SSSR count). The molecule has 1 aromatic heterocycles. The second-order valence-corrected chi connectivity index (χ2v) is 9.19. The van der Waals surface area contributed by atoms with Crippen molar-refractivity contribution in [3.63, 3.8) is 0 Å². The Labute approximate surface area is 211 Å². The number of hydrogen-bond acceptors (Lipinski definition) is 3. The Kier molecular flexibility index (Phi) is 7.80. The van der Waals surface area contributed by atoms with E-state index < -0.39 is 35.2 Å². The van der Waals surface area contributed by atoms with E-state index in [1.54, 1.807) is 36.4 Å². The average Bonchev–Trinajstić information content (AvgIpc) is 2.85. The van der Waals surface area contributed by atoms with Crippen molar-refractivity contribution in [3.8, 4) is 0 Å². The summed E-state index contributed by atoms with van der Waals surface area (Å²) in [6.45, 7) is 0.00146. The molecule has 0 saturated carbocycles. The lowest BCUT2D eigenvalue weighted by molar-refractivity contribution is -0.139. The lowest BCUT2D eigenvalue weighted by atomic mass is 9.95. The summed E-state index contributed by atoms with van der Waals surface area (Å²) < 4.78 is 40.5. The minimum absolute atomic E-state index is 0.00146. The summed E-state index contributed by atoms with van der Waals surface area (Å²) >= 11 is 0. The second kappa shape index (κ2) is 11.0. The molecule has 2 aromatic carbocycles. The summed E-state index contributed by atoms with van der Waals surface area (Å²) in [5, 5.41) is 12.2. The molecule has 0 unspecified atom stereocenters. The van der Waals surface area contributed by atoms with E-state index in [4.69, 9.17) is 0 Å². The van der Waals surface area contributed by atoms with Crippen molar-refractivity contribution in [1.29, 1.82) is 0 Å². The maximum absolute atomic E-state index is 13.6. The fourth-order valence-electron chi connectivity index (χ4n) is 4.69. The lowest BCUT2D eigenvalue weighted by Gasteiger charge is -2.22. The number of aliphatic carboxylic acids is 1. The highest BCUT2D eigenvalue weighted by Gasteiger charge is 2.30. The minimum atomic E-state index is -4.47. The number of hydrogen-bond donors (Lipinski definition) is 2. The zero-order valence-electron chi connectivity index (χ0n) is 20.1. The number of halogens is 3. The maximum Gasteiger partial charge on any atom is 0.416 e. The molecule has 6 nitrogen and oxygen atoms in total. The fraction of sp³-hybridized carbons (Fsp3) is 0.321. The van der Waals surface area contributed by atoms with Crippen molar-refractivity contribution in [3.05, 3.63) is 105 Å². The summed E-state index contributed by atoms with van der Waals surface area (Å²) in [6.07, 6.45) is 0.497. The number of nitrogens with zero attached hydrogens (tertiary/aromatic N) is 1. The van der Waals surface area contributed by atoms with Crippen LogP contribution < -0.4 is 10.9 Å². The standard InChI is InChI=1S/C28H27F3N2O4/c29-28(30,31)21-14-12-18(13-15-21)17-33-23-11-7-2-1-4-10-20(23)16-22(26(33)35)25(34)32-24(27(36)37)19-8-5-3-6-9-19/h3,5-6,8-9,12-16,24H,1-2,4,7,10-11,17H2,(H,32,34)(H,36,37)/t24-/m1/s1. The van der Waals surface area contributed by atoms with Crippen LogP contribution in [0.2, 0.25) is 0 Å². The topological polar surface area (TPSA) is 88.4 Å². The van der Waals surface area contributed by atoms with Gasteiger partial charge < -0.3 is 15.0 Å². The van der Waals surface area contributed by atoms with Crippen molar-refractivity contribution in [1.82, 2.24) is 9.88 Å². The van der Waals surface area contributed by atoms with E-state index in [1.807, 2.05) is 0 Å². The highest BCUT2D eigenvalue weighted by atomic mass is 19.4. The van der Waals surface area contributed by atoms with Gasteiger partial charge in [0.05, 0.1) is 12.1 Å². The number of aromatic nitrogens is 1. The third-order valence-electron chi connectivity index (χ3n) is 6.62. The number of rotatable bonds is 6. The molecule has 9 heteroatoms. The van der Waals surface area contributed by atoms with Crippen LogP contribution in [0.4, 0.5) is 13.2 Å². The number of pyridine rings is 1. The van der Waals surface area contributed by atoms with Crippen LogP contribution in [0.1, 0.15) is 70.0 Å². The number of nitrogens with one attached hydrogen (secondary N) is 1. The predicted octanol–water partition coefficient (Wildman–Crippen LogP) is 5.13. The summed E-state index contributed by atoms with van der Waals surface area (Å²) in [7, 11) is 0. The van der Waals surface area contributed by atoms with Crippen LogP contribution in [0.5, 0.6) is 0 Å². The molecular formula is C28H27F3N2O4. The molecule has 37 heavy (non-hydrogen) atoms. The Morgan fingerprint density at radius 1 is 0.946 bits per heavy atom. The van der Waals surface area contributed by atoms with Crippen molar-refractivity contribution < 1.29 is 27.9 Å². The van der Waals surface area contributed by atoms with Crippen molar-refractivity contribution >= 4 is 11.9 Å². The quantitative estimate of drug-likeness (QED) is 0.479. The molecule has 1 heterocycles. The minimum Gasteiger partial charge on any atom is -0.479 e. The van der Waals surface area contributed by atoms with Crippen LogP contribution >= 0.6 is 0 Å². The van der Waals surface area contributed by atoms with Crippen LogP contribution in [-0.4, -0.2) is 21.6 Å². The van der Waals surface area contributed by atoms with Gasteiger partial charge in [-0.25, -0.2) is 4.79 Å². The van der Waals surface area contributed by atoms with Crippen LogP contribution in [0, 0.1) is 0 Å². The molecule has 1 aliphatic rings. The maximum atomic E-state index is 13.6. The Morgan fingerprint density at radius 2 is 1.59 bits per heavy atom. The molecule has 1 atom stereocenters. The Hall–Kier alpha value is -3.88. The van der Waals surface area contributed by atoms with E-state index >= 15 is 0 Å². The molecule has 3 aromatic rings. The summed E-state index contributed by atoms with van der Waals surface area (Å²) in [6, 6.07) is 13.0. The second-order valence-electron chi connectivity index (χ2n) is 9.19. The number of aryl methyl sites for hydroxylation is 1. The predicted molar refractivity (Wildman–Crippen MR) is 131 cm³/mol. The lowest BCUT2D eigenvalue weighted by Crippen LogP contribution is -2.39. The smallest absolute Gasteiger partial charge is 0.416 e. The van der Waals surface area contributed by atoms with E-state index in [0.29, 0.717) is 24.0 Å². The van der Waals surface area contributed by atoms with Crippen LogP contribution in [0.25, 0.3) is 0 Å². The molecule has 0 spiro atoms. The highest BCUT2D eigenvalue weighted by Crippen LogP contribution is 2.29. The number of carbonyl (C=O) groups is 2. The van der Waals surface area contributed by atoms with E-state index in [1.165, 1.54) is 16.7 Å². The van der Waals surface area contributed by atoms with Gasteiger partial charge in [0.25, 0.3) is 11.5 Å². The van der Waals surface area contributed by atoms with Gasteiger partial charge in [-0.05, 0) is 60.6 Å². The number of fused-ring (bicyclic) bond motifs is 1. The first-order valence-electron chi connectivity index (χ1n) is 12.2. The van der Waals surface area contributed by atoms with Crippen molar-refractivity contribution in [2.75, 3.05) is 0 Å². The van der Waals surface area contributed by atoms with Gasteiger partial charge in [-0.3, -0.25) is 9.59 Å². The van der Waals surface area contributed by atoms with E-state index in [0.717, 1.165) is 49.1 Å². The molecule has 1 aliphatic carbocycles. The molecular weight excluding hydrogens is 485 g/mol. The molecule has 1 amide bonds. The SMILES string of the molecule is O=C(N[C@@H](C(=O)O)c1ccccc1)c1cc2c(n(Cc3ccc(C(F)(F)F)cc3)c1=O)CCCCCC2. The molecule has 0 saturated heterocycles. The Balaban J connectivity index is 1.73. The number of carboxylic acid groups (broad SMARTS) is 1. The Morgan fingerprint density at radius 3 is 2.22 bits per heavy atom. The fourth-order valence-corrected chi connectivity index (χ4v) is 4.69. The first-order valence-corrected chi connectivity index (χ1v) is 12.2. The molecule has 0 fully saturated rings. The monoisotopic (exact) mass is 512 g/mol. The van der Waals surface area contributed by atoms with E-state index in [-0.39, 0.29) is 12.1 Å². The van der Waals surface area contributed by atoms with Gasteiger partial charge in [-0.2, -0.15) is 13.2 Å². The summed E-state index contributed by atoms with van der Waals surface area (Å²) in [5.74, 6) is -2.08. The molecule has 0 aliphatic heterocycles. The highest BCUT2D eigenvalue weighted by molar-refractivity contribution is 5.96. The first kappa shape index (κ1) is 26.2. The molecule has 194 valence electrons. The largest absolute Gasteiger partial charge is 0.479 e. The van der Waals surface area contributed by atoms with Gasteiger partial charge in [0.2, 0.25) is 0 Å². The first-order chi connectivity index (χ1) is 17.6. The third-order valence-corrected chi connectivity index (χ3v) is 6.62. The third kappa shape index (κ3) is 6.10. The summed E-state index contributed by atoms with van der Waals surface area (Å²) in [4.78, 5) is 38.7. The number of carboxylic acids is 1. The molecule has 0 radical (unpaired) electrons. The van der Waals surface area contributed by atoms with Gasteiger partial charge in [0.1, 0.15) is 5.56 Å². The number of alkyl halides is 3. The number of benzene rings is 2. The van der Waals surface area contributed by atoms with Crippen molar-refractivity contribution in [2.45, 2.75) is 57.3 Å². The number of carbonyl (C=O) groups excluding carboxylic acids is 1. The van der Waals surface area contributed by atoms with Crippen LogP contribution in [-0.2, 0) is 30.4 Å². The van der Waals surface area contributed by atoms with Crippen LogP contribution in [0.3, 0.4) is 0 Å². The van der Waals surface area contributed by atoms with Gasteiger partial charge in [0.15, 0.2) is 6.04 Å². The van der Waals surface area contributed by atoms with E-state index in [9.17, 15) is 32.7 Å². The zero-order valence-corrected chi connectivity index (χ0v) is 20.1. The van der Waals surface area contributed by atoms with Gasteiger partial charge in [0, 0.05) is 5.69 Å². The van der Waals surface area contributed by atoms with Gasteiger partial charge >= 0.3 is 12.1 Å². The van der Waals surface area contributed by atoms with Gasteiger partial charge in [-0.1, -0.05) is 55.3 Å². The normalized spacial score (nSPS) is 14.7. The summed E-state index contributed by atoms with van der Waals surface area (Å²) in [5.41, 5.74) is 0.862. The average molecular weight is 513 g/mol. The van der Waals surface area contributed by atoms with Gasteiger partial charge in [-0.15, -0.1) is 0 Å². The van der Waals surface area contributed by atoms with Crippen molar-refractivity contribution in [2.24, 2.45) is 0 Å². The Bertz CT molecular complexity index is 1330.